The summed E-state index contributed by atoms with van der Waals surface area (Å²) >= 11 is 1.62. The van der Waals surface area contributed by atoms with Crippen LogP contribution in [0.1, 0.15) is 33.1 Å². The summed E-state index contributed by atoms with van der Waals surface area (Å²) in [5, 5.41) is 14.4. The molecule has 0 saturated heterocycles. The molecule has 42 heavy (non-hydrogen) atoms. The van der Waals surface area contributed by atoms with Crippen LogP contribution in [-0.2, 0) is 26.5 Å². The zero-order valence-corrected chi connectivity index (χ0v) is 27.0. The second-order valence-corrected chi connectivity index (χ2v) is 14.0. The summed E-state index contributed by atoms with van der Waals surface area (Å²) in [5.74, 6) is 2.02. The number of thioether (sulfide) groups is 1. The zero-order chi connectivity index (χ0) is 29.6. The van der Waals surface area contributed by atoms with Crippen molar-refractivity contribution < 1.29 is 31.6 Å². The molecular formula is C36H39FeO3PS-. The molecule has 6 rings (SSSR count). The molecule has 3 atom stereocenters. The first-order valence-electron chi connectivity index (χ1n) is 13.9. The first-order valence-corrected chi connectivity index (χ1v) is 16.4. The van der Waals surface area contributed by atoms with Crippen LogP contribution in [0.15, 0.2) is 91.0 Å². The Balaban J connectivity index is 0.000000239. The molecule has 0 aliphatic heterocycles. The van der Waals surface area contributed by atoms with Gasteiger partial charge < -0.3 is 9.90 Å². The van der Waals surface area contributed by atoms with Gasteiger partial charge in [-0.15, -0.1) is 5.75 Å². The van der Waals surface area contributed by atoms with Gasteiger partial charge in [-0.2, -0.15) is 11.8 Å². The van der Waals surface area contributed by atoms with Crippen molar-refractivity contribution in [3.05, 3.63) is 130 Å². The SMILES string of the molecule is CC1(C)[C@@H]2CC[C@@]1(CSC[C-]=O)[C@H](O)C2.[C-]#[O+].[CH]1[CH][CH][CH][CH]1.[Fe].c1ccc(P(c2ccccc2)c2ccccc2)cc1. The van der Waals surface area contributed by atoms with Gasteiger partial charge in [0.05, 0.1) is 6.10 Å². The molecule has 3 fully saturated rings. The van der Waals surface area contributed by atoms with E-state index in [2.05, 4.69) is 111 Å². The molecule has 3 aromatic rings. The molecule has 5 radical (unpaired) electrons. The number of hydrogen-bond acceptors (Lipinski definition) is 3. The van der Waals surface area contributed by atoms with E-state index >= 15 is 0 Å². The van der Waals surface area contributed by atoms with E-state index in [9.17, 15) is 9.90 Å². The summed E-state index contributed by atoms with van der Waals surface area (Å²) in [5.41, 5.74) is 0.293. The van der Waals surface area contributed by atoms with Crippen LogP contribution in [-0.4, -0.2) is 29.0 Å². The average molecular weight is 639 g/mol. The standard InChI is InChI=1S/C18H15P.C12H19O2S.C5H5.CO.Fe/c1-4-10-16(11-5-1)19(17-12-6-2-7-13-17)18-14-8-3-9-15-18;1-11(2)9-3-4-12(11,10(14)7-9)8-15-6-5-13;1-2-4-5-3-1;1-2;/h1-15H;9-10,14H,3-4,6-8H2,1-2H3;1-5H;;/q;-1;;;/t;9-,10-,12-;;;/m.1.../s1. The first-order chi connectivity index (χ1) is 20.0. The molecule has 3 aliphatic carbocycles. The number of aliphatic hydroxyl groups is 1. The Morgan fingerprint density at radius 3 is 1.55 bits per heavy atom. The Morgan fingerprint density at radius 1 is 0.833 bits per heavy atom. The van der Waals surface area contributed by atoms with E-state index in [1.165, 1.54) is 22.3 Å². The summed E-state index contributed by atoms with van der Waals surface area (Å²) in [7, 11) is -0.446. The number of rotatable bonds is 7. The Hall–Kier alpha value is -1.67. The van der Waals surface area contributed by atoms with E-state index in [-0.39, 0.29) is 34.0 Å². The van der Waals surface area contributed by atoms with Crippen molar-refractivity contribution in [3.63, 3.8) is 0 Å². The largest absolute Gasteiger partial charge is 0.0622 e. The fourth-order valence-corrected chi connectivity index (χ4v) is 9.72. The van der Waals surface area contributed by atoms with Gasteiger partial charge in [0.1, 0.15) is 0 Å². The van der Waals surface area contributed by atoms with Gasteiger partial charge in [-0.25, -0.2) is 0 Å². The van der Waals surface area contributed by atoms with Crippen molar-refractivity contribution in [3.8, 4) is 0 Å². The topological polar surface area (TPSA) is 57.2 Å². The third-order valence-electron chi connectivity index (χ3n) is 8.51. The quantitative estimate of drug-likeness (QED) is 0.107. The number of carbonyl (C=O) groups excluding carboxylic acids is 1. The number of benzene rings is 3. The molecule has 0 amide bonds. The van der Waals surface area contributed by atoms with Crippen molar-refractivity contribution in [1.29, 1.82) is 0 Å². The normalized spacial score (nSPS) is 22.7. The fraction of sp³-hybridized carbons (Fsp3) is 0.306. The van der Waals surface area contributed by atoms with Gasteiger partial charge in [0, 0.05) is 22.5 Å². The van der Waals surface area contributed by atoms with Gasteiger partial charge in [0.25, 0.3) is 0 Å². The van der Waals surface area contributed by atoms with Crippen LogP contribution in [0.3, 0.4) is 0 Å². The van der Waals surface area contributed by atoms with Gasteiger partial charge in [0.2, 0.25) is 0 Å². The Labute approximate surface area is 269 Å². The van der Waals surface area contributed by atoms with E-state index < -0.39 is 7.92 Å². The van der Waals surface area contributed by atoms with Crippen molar-refractivity contribution in [2.24, 2.45) is 16.7 Å². The third-order valence-corrected chi connectivity index (χ3v) is 12.0. The van der Waals surface area contributed by atoms with Gasteiger partial charge >= 0.3 is 11.3 Å². The Morgan fingerprint density at radius 2 is 1.24 bits per heavy atom. The predicted molar refractivity (Wildman–Crippen MR) is 173 cm³/mol. The van der Waals surface area contributed by atoms with Crippen molar-refractivity contribution in [2.45, 2.75) is 39.2 Å². The van der Waals surface area contributed by atoms with Crippen LogP contribution in [0.25, 0.3) is 0 Å². The number of aliphatic hydroxyl groups excluding tert-OH is 1. The van der Waals surface area contributed by atoms with E-state index in [0.717, 1.165) is 18.6 Å². The van der Waals surface area contributed by atoms with Crippen molar-refractivity contribution in [2.75, 3.05) is 11.5 Å². The molecule has 3 aliphatic rings. The zero-order valence-electron chi connectivity index (χ0n) is 24.2. The maximum atomic E-state index is 10.2. The monoisotopic (exact) mass is 638 g/mol. The van der Waals surface area contributed by atoms with Crippen LogP contribution in [0.5, 0.6) is 0 Å². The number of fused-ring (bicyclic) bond motifs is 2. The van der Waals surface area contributed by atoms with E-state index in [4.69, 9.17) is 4.65 Å². The molecule has 3 nitrogen and oxygen atoms in total. The molecule has 6 heteroatoms. The van der Waals surface area contributed by atoms with E-state index in [0.29, 0.717) is 11.7 Å². The summed E-state index contributed by atoms with van der Waals surface area (Å²) in [6, 6.07) is 32.3. The molecule has 3 aromatic carbocycles. The average Bonchev–Trinajstić information content (AvgIpc) is 3.72. The van der Waals surface area contributed by atoms with Crippen LogP contribution in [0, 0.1) is 55.5 Å². The summed E-state index contributed by atoms with van der Waals surface area (Å²) in [6.45, 7) is 9.07. The van der Waals surface area contributed by atoms with Gasteiger partial charge in [-0.05, 0) is 92.3 Å². The minimum Gasteiger partial charge on any atom is -0.0622 e. The predicted octanol–water partition coefficient (Wildman–Crippen LogP) is 6.44. The summed E-state index contributed by atoms with van der Waals surface area (Å²) in [4.78, 5) is 10.2. The molecule has 221 valence electrons. The minimum atomic E-state index is -0.446. The third kappa shape index (κ3) is 9.17. The molecule has 3 saturated carbocycles. The van der Waals surface area contributed by atoms with Crippen LogP contribution in [0.4, 0.5) is 0 Å². The van der Waals surface area contributed by atoms with Crippen molar-refractivity contribution >= 4 is 41.9 Å². The molecule has 2 bridgehead atoms. The fourth-order valence-electron chi connectivity index (χ4n) is 6.15. The van der Waals surface area contributed by atoms with Crippen LogP contribution in [0.2, 0.25) is 0 Å². The molecule has 1 N–H and O–H groups in total. The maximum Gasteiger partial charge on any atom is 0 e. The molecule has 0 aromatic heterocycles. The van der Waals surface area contributed by atoms with Crippen LogP contribution < -0.4 is 15.9 Å². The van der Waals surface area contributed by atoms with E-state index in [1.54, 1.807) is 11.8 Å². The van der Waals surface area contributed by atoms with Gasteiger partial charge in [-0.3, -0.25) is 6.29 Å². The summed E-state index contributed by atoms with van der Waals surface area (Å²) < 4.78 is 7.50. The van der Waals surface area contributed by atoms with E-state index in [1.807, 2.05) is 38.4 Å². The summed E-state index contributed by atoms with van der Waals surface area (Å²) in [6.07, 6.45) is 15.1. The molecule has 0 spiro atoms. The number of hydrogen-bond donors (Lipinski definition) is 1. The Kier molecular flexibility index (Phi) is 16.4. The van der Waals surface area contributed by atoms with Crippen LogP contribution >= 0.6 is 19.7 Å². The second kappa shape index (κ2) is 18.9. The van der Waals surface area contributed by atoms with Gasteiger partial charge in [-0.1, -0.05) is 105 Å². The molecule has 0 heterocycles. The first kappa shape index (κ1) is 36.5. The molecular weight excluding hydrogens is 599 g/mol. The smallest absolute Gasteiger partial charge is 0 e. The maximum absolute atomic E-state index is 10.2. The Bertz CT molecular complexity index is 1070. The molecule has 0 unspecified atom stereocenters. The minimum absolute atomic E-state index is 0. The van der Waals surface area contributed by atoms with Crippen molar-refractivity contribution in [1.82, 2.24) is 0 Å². The second-order valence-electron chi connectivity index (χ2n) is 10.8. The van der Waals surface area contributed by atoms with Gasteiger partial charge in [0.15, 0.2) is 0 Å².